The van der Waals surface area contributed by atoms with Gasteiger partial charge in [0.2, 0.25) is 0 Å². The summed E-state index contributed by atoms with van der Waals surface area (Å²) in [5.41, 5.74) is -1.39. The fraction of sp³-hybridized carbons (Fsp3) is 0.765. The van der Waals surface area contributed by atoms with Crippen molar-refractivity contribution < 1.29 is 38.4 Å². The third-order valence-electron chi connectivity index (χ3n) is 12.9. The third-order valence-corrected chi connectivity index (χ3v) is 12.9. The molecule has 0 radical (unpaired) electrons. The summed E-state index contributed by atoms with van der Waals surface area (Å²) >= 11 is 0. The van der Waals surface area contributed by atoms with E-state index in [0.29, 0.717) is 25.0 Å². The van der Waals surface area contributed by atoms with Crippen LogP contribution in [0.25, 0.3) is 0 Å². The fourth-order valence-corrected chi connectivity index (χ4v) is 12.0. The highest BCUT2D eigenvalue weighted by molar-refractivity contribution is 5.89. The molecule has 0 unspecified atom stereocenters. The van der Waals surface area contributed by atoms with Gasteiger partial charge in [-0.05, 0) is 43.9 Å². The van der Waals surface area contributed by atoms with Gasteiger partial charge < -0.3 is 28.8 Å². The zero-order chi connectivity index (χ0) is 30.3. The van der Waals surface area contributed by atoms with E-state index in [-0.39, 0.29) is 71.3 Å². The van der Waals surface area contributed by atoms with Crippen molar-refractivity contribution in [2.45, 2.75) is 82.0 Å². The van der Waals surface area contributed by atoms with Crippen molar-refractivity contribution in [2.75, 3.05) is 41.0 Å². The first-order chi connectivity index (χ1) is 20.7. The minimum atomic E-state index is -1.19. The van der Waals surface area contributed by atoms with Gasteiger partial charge in [-0.2, -0.15) is 0 Å². The summed E-state index contributed by atoms with van der Waals surface area (Å²) in [5, 5.41) is 13.2. The van der Waals surface area contributed by atoms with E-state index in [0.717, 1.165) is 32.4 Å². The Morgan fingerprint density at radius 2 is 1.79 bits per heavy atom. The standard InChI is InChI=1S/C34H47NO8/c1-6-24(36)42-23-13-14-32(18-39-3)17-35(7-2)30-26-28(41-5)29(32)34(23,30)21-15-20-22(40-4)16-33(26,38)25(21)27(20)43-31(37)19-11-9-8-10-12-19/h8-12,20-23,25-30,38H,6-7,13-18H2,1-5H3/t20-,21-,22+,23+,25-,26+,27+,28+,29-,30-,32+,33-,34+/m1/s1. The number of rotatable bonds is 9. The average Bonchev–Trinajstić information content (AvgIpc) is 3.45. The van der Waals surface area contributed by atoms with E-state index < -0.39 is 17.1 Å². The molecule has 1 aromatic rings. The molecule has 9 nitrogen and oxygen atoms in total. The lowest BCUT2D eigenvalue weighted by Gasteiger charge is -2.69. The third kappa shape index (κ3) is 3.75. The molecular formula is C34H47NO8. The first-order valence-electron chi connectivity index (χ1n) is 16.2. The predicted molar refractivity (Wildman–Crippen MR) is 156 cm³/mol. The van der Waals surface area contributed by atoms with Gasteiger partial charge in [-0.3, -0.25) is 9.69 Å². The lowest BCUT2D eigenvalue weighted by Crippen LogP contribution is -2.76. The predicted octanol–water partition coefficient (Wildman–Crippen LogP) is 3.33. The van der Waals surface area contributed by atoms with Crippen molar-refractivity contribution >= 4 is 11.9 Å². The summed E-state index contributed by atoms with van der Waals surface area (Å²) in [7, 11) is 5.23. The van der Waals surface area contributed by atoms with E-state index in [9.17, 15) is 14.7 Å². The molecule has 1 N–H and O–H groups in total. The smallest absolute Gasteiger partial charge is 0.338 e. The van der Waals surface area contributed by atoms with Crippen LogP contribution >= 0.6 is 0 Å². The van der Waals surface area contributed by atoms with Gasteiger partial charge in [-0.15, -0.1) is 0 Å². The molecule has 1 spiro atoms. The second-order valence-electron chi connectivity index (χ2n) is 14.1. The molecule has 13 atom stereocenters. The Morgan fingerprint density at radius 3 is 2.44 bits per heavy atom. The van der Waals surface area contributed by atoms with Crippen molar-refractivity contribution in [3.8, 4) is 0 Å². The average molecular weight is 598 g/mol. The second-order valence-corrected chi connectivity index (χ2v) is 14.1. The molecule has 1 aliphatic heterocycles. The fourth-order valence-electron chi connectivity index (χ4n) is 12.0. The number of ether oxygens (including phenoxy) is 5. The largest absolute Gasteiger partial charge is 0.462 e. The summed E-state index contributed by atoms with van der Waals surface area (Å²) in [6.45, 7) is 6.28. The van der Waals surface area contributed by atoms with Gasteiger partial charge >= 0.3 is 11.9 Å². The van der Waals surface area contributed by atoms with Crippen LogP contribution in [0.4, 0.5) is 0 Å². The first-order valence-corrected chi connectivity index (χ1v) is 16.2. The molecule has 43 heavy (non-hydrogen) atoms. The molecule has 9 heteroatoms. The number of nitrogens with zero attached hydrogens (tertiary/aromatic N) is 1. The van der Waals surface area contributed by atoms with Crippen molar-refractivity contribution in [3.63, 3.8) is 0 Å². The Hall–Kier alpha value is -2.04. The molecule has 1 saturated heterocycles. The highest BCUT2D eigenvalue weighted by Gasteiger charge is 2.87. The van der Waals surface area contributed by atoms with Crippen molar-refractivity contribution in [1.29, 1.82) is 0 Å². The number of hydrogen-bond donors (Lipinski definition) is 1. The number of carbonyl (C=O) groups is 2. The first kappa shape index (κ1) is 29.7. The van der Waals surface area contributed by atoms with Gasteiger partial charge in [0.05, 0.1) is 30.0 Å². The van der Waals surface area contributed by atoms with Crippen molar-refractivity contribution in [3.05, 3.63) is 35.9 Å². The number of piperidine rings is 1. The van der Waals surface area contributed by atoms with E-state index in [1.54, 1.807) is 33.5 Å². The Morgan fingerprint density at radius 1 is 1.02 bits per heavy atom. The second kappa shape index (κ2) is 10.5. The minimum absolute atomic E-state index is 0.0241. The molecule has 236 valence electrons. The number of benzene rings is 1. The number of esters is 2. The molecule has 6 fully saturated rings. The molecule has 5 aliphatic carbocycles. The minimum Gasteiger partial charge on any atom is -0.462 e. The lowest BCUT2D eigenvalue weighted by atomic mass is 9.43. The Bertz CT molecular complexity index is 1240. The molecular weight excluding hydrogens is 550 g/mol. The van der Waals surface area contributed by atoms with Crippen LogP contribution in [-0.4, -0.2) is 99.0 Å². The molecule has 6 aliphatic rings. The number of methoxy groups -OCH3 is 3. The zero-order valence-electron chi connectivity index (χ0n) is 26.1. The highest BCUT2D eigenvalue weighted by Crippen LogP contribution is 2.79. The normalized spacial score (nSPS) is 47.3. The molecule has 7 rings (SSSR count). The van der Waals surface area contributed by atoms with Crippen LogP contribution in [0.15, 0.2) is 30.3 Å². The van der Waals surface area contributed by atoms with Crippen LogP contribution in [0.1, 0.15) is 56.3 Å². The van der Waals surface area contributed by atoms with Crippen molar-refractivity contribution in [1.82, 2.24) is 4.90 Å². The molecule has 1 heterocycles. The van der Waals surface area contributed by atoms with Gasteiger partial charge in [-0.1, -0.05) is 32.0 Å². The van der Waals surface area contributed by atoms with E-state index in [2.05, 4.69) is 11.8 Å². The molecule has 1 aromatic carbocycles. The van der Waals surface area contributed by atoms with E-state index in [1.807, 2.05) is 25.1 Å². The molecule has 7 bridgehead atoms. The number of likely N-dealkylation sites (tertiary alicyclic amines) is 1. The Labute approximate surface area is 254 Å². The topological polar surface area (TPSA) is 104 Å². The highest BCUT2D eigenvalue weighted by atomic mass is 16.6. The molecule has 0 aromatic heterocycles. The van der Waals surface area contributed by atoms with Crippen LogP contribution in [0.3, 0.4) is 0 Å². The van der Waals surface area contributed by atoms with Gasteiger partial charge in [0.25, 0.3) is 0 Å². The van der Waals surface area contributed by atoms with Gasteiger partial charge in [0, 0.05) is 81.3 Å². The van der Waals surface area contributed by atoms with Crippen LogP contribution < -0.4 is 0 Å². The number of hydrogen-bond acceptors (Lipinski definition) is 9. The maximum absolute atomic E-state index is 13.6. The van der Waals surface area contributed by atoms with Crippen LogP contribution in [0.5, 0.6) is 0 Å². The molecule has 0 amide bonds. The summed E-state index contributed by atoms with van der Waals surface area (Å²) in [4.78, 5) is 29.2. The summed E-state index contributed by atoms with van der Waals surface area (Å²) in [6.07, 6.45) is 1.73. The van der Waals surface area contributed by atoms with Gasteiger partial charge in [-0.25, -0.2) is 4.79 Å². The van der Waals surface area contributed by atoms with E-state index in [1.165, 1.54) is 0 Å². The quantitative estimate of drug-likeness (QED) is 0.430. The van der Waals surface area contributed by atoms with Crippen LogP contribution in [-0.2, 0) is 28.5 Å². The zero-order valence-corrected chi connectivity index (χ0v) is 26.1. The number of aliphatic hydroxyl groups is 1. The molecule has 5 saturated carbocycles. The Balaban J connectivity index is 1.43. The van der Waals surface area contributed by atoms with E-state index >= 15 is 0 Å². The summed E-state index contributed by atoms with van der Waals surface area (Å²) in [5.74, 6) is -1.26. The maximum atomic E-state index is 13.6. The monoisotopic (exact) mass is 597 g/mol. The van der Waals surface area contributed by atoms with Crippen molar-refractivity contribution in [2.24, 2.45) is 40.4 Å². The van der Waals surface area contributed by atoms with Gasteiger partial charge in [0.1, 0.15) is 12.2 Å². The Kier molecular flexibility index (Phi) is 7.25. The van der Waals surface area contributed by atoms with E-state index in [4.69, 9.17) is 23.7 Å². The van der Waals surface area contributed by atoms with Crippen LogP contribution in [0.2, 0.25) is 0 Å². The van der Waals surface area contributed by atoms with Gasteiger partial charge in [0.15, 0.2) is 0 Å². The number of fused-ring (bicyclic) bond motifs is 2. The summed E-state index contributed by atoms with van der Waals surface area (Å²) in [6, 6.07) is 9.03. The lowest BCUT2D eigenvalue weighted by molar-refractivity contribution is -0.275. The maximum Gasteiger partial charge on any atom is 0.338 e. The van der Waals surface area contributed by atoms with Crippen LogP contribution in [0, 0.1) is 40.4 Å². The summed E-state index contributed by atoms with van der Waals surface area (Å²) < 4.78 is 31.5. The SMILES string of the molecule is CCC(=O)O[C@H]1CC[C@@]2(COC)CN(CC)[C@@H]3[C@@H]4[C@H](OC)[C@H]2[C@]13[C@@H]1C[C@H]2[C@H](OC(=O)c3ccccc3)[C@@H]1[C@]4(O)C[C@@H]2OC. The number of carbonyl (C=O) groups excluding carboxylic acids is 2.